The molecule has 0 bridgehead atoms. The second-order valence-electron chi connectivity index (χ2n) is 5.29. The van der Waals surface area contributed by atoms with Crippen molar-refractivity contribution in [3.8, 4) is 0 Å². The van der Waals surface area contributed by atoms with Gasteiger partial charge in [0.25, 0.3) is 0 Å². The van der Waals surface area contributed by atoms with E-state index in [2.05, 4.69) is 42.5 Å². The average molecular weight is 262 g/mol. The summed E-state index contributed by atoms with van der Waals surface area (Å²) in [6.07, 6.45) is 4.81. The van der Waals surface area contributed by atoms with Crippen molar-refractivity contribution < 1.29 is 4.79 Å². The Kier molecular flexibility index (Phi) is 3.78. The Morgan fingerprint density at radius 3 is 2.25 bits per heavy atom. The monoisotopic (exact) mass is 262 g/mol. The molecule has 2 aromatic rings. The molecule has 0 aromatic heterocycles. The van der Waals surface area contributed by atoms with E-state index >= 15 is 0 Å². The molecule has 0 aliphatic heterocycles. The van der Waals surface area contributed by atoms with Crippen molar-refractivity contribution in [2.75, 3.05) is 0 Å². The van der Waals surface area contributed by atoms with Crippen molar-refractivity contribution in [1.29, 1.82) is 0 Å². The number of allylic oxidation sites excluding steroid dienone is 1. The summed E-state index contributed by atoms with van der Waals surface area (Å²) in [4.78, 5) is 12.3. The van der Waals surface area contributed by atoms with Crippen molar-refractivity contribution in [1.82, 2.24) is 0 Å². The first kappa shape index (κ1) is 12.9. The molecule has 1 heteroatoms. The second-order valence-corrected chi connectivity index (χ2v) is 5.29. The van der Waals surface area contributed by atoms with E-state index in [1.165, 1.54) is 5.56 Å². The molecule has 20 heavy (non-hydrogen) atoms. The highest BCUT2D eigenvalue weighted by Gasteiger charge is 2.26. The number of benzene rings is 2. The summed E-state index contributed by atoms with van der Waals surface area (Å²) >= 11 is 0. The highest BCUT2D eigenvalue weighted by Crippen LogP contribution is 2.36. The van der Waals surface area contributed by atoms with Gasteiger partial charge in [0, 0.05) is 17.9 Å². The van der Waals surface area contributed by atoms with Crippen LogP contribution in [0.4, 0.5) is 0 Å². The van der Waals surface area contributed by atoms with Gasteiger partial charge in [0.1, 0.15) is 0 Å². The van der Waals surface area contributed by atoms with E-state index in [1.54, 1.807) is 0 Å². The molecular weight excluding hydrogens is 244 g/mol. The van der Waals surface area contributed by atoms with Crippen molar-refractivity contribution in [3.05, 3.63) is 77.4 Å². The molecule has 100 valence electrons. The molecular formula is C19H18O. The third kappa shape index (κ3) is 2.72. The van der Waals surface area contributed by atoms with Gasteiger partial charge in [-0.05, 0) is 30.0 Å². The molecule has 0 radical (unpaired) electrons. The molecule has 1 saturated carbocycles. The van der Waals surface area contributed by atoms with Crippen LogP contribution in [-0.4, -0.2) is 5.78 Å². The van der Waals surface area contributed by atoms with Crippen LogP contribution in [0.15, 0.2) is 66.2 Å². The van der Waals surface area contributed by atoms with Crippen LogP contribution in [-0.2, 0) is 4.79 Å². The van der Waals surface area contributed by atoms with E-state index in [-0.39, 0.29) is 5.92 Å². The number of ketones is 1. The smallest absolute Gasteiger partial charge is 0.159 e. The molecule has 1 atom stereocenters. The lowest BCUT2D eigenvalue weighted by atomic mass is 9.78. The van der Waals surface area contributed by atoms with E-state index in [0.29, 0.717) is 12.2 Å². The molecule has 0 saturated heterocycles. The quantitative estimate of drug-likeness (QED) is 0.722. The summed E-state index contributed by atoms with van der Waals surface area (Å²) in [5.74, 6) is 0.548. The third-order valence-corrected chi connectivity index (χ3v) is 3.92. The number of carbonyl (C=O) groups excluding carboxylic acids is 1. The molecule has 0 heterocycles. The van der Waals surface area contributed by atoms with Crippen molar-refractivity contribution >= 4 is 11.9 Å². The molecule has 1 fully saturated rings. The van der Waals surface area contributed by atoms with Gasteiger partial charge in [-0.1, -0.05) is 60.7 Å². The fraction of sp³-hybridized carbons (Fsp3) is 0.211. The van der Waals surface area contributed by atoms with E-state index in [1.807, 2.05) is 24.3 Å². The maximum Gasteiger partial charge on any atom is 0.159 e. The third-order valence-electron chi connectivity index (χ3n) is 3.92. The number of Topliss-reactive ketones (excluding diaryl/α,β-unsaturated/α-hetero) is 1. The van der Waals surface area contributed by atoms with E-state index in [0.717, 1.165) is 24.0 Å². The molecule has 0 amide bonds. The number of hydrogen-bond donors (Lipinski definition) is 0. The molecule has 1 nitrogen and oxygen atoms in total. The van der Waals surface area contributed by atoms with Crippen LogP contribution in [0.2, 0.25) is 0 Å². The van der Waals surface area contributed by atoms with E-state index < -0.39 is 0 Å². The zero-order valence-corrected chi connectivity index (χ0v) is 11.5. The first-order valence-corrected chi connectivity index (χ1v) is 7.19. The van der Waals surface area contributed by atoms with Gasteiger partial charge in [-0.2, -0.15) is 0 Å². The zero-order valence-electron chi connectivity index (χ0n) is 11.5. The Balaban J connectivity index is 2.00. The van der Waals surface area contributed by atoms with Crippen molar-refractivity contribution in [2.45, 2.75) is 25.2 Å². The van der Waals surface area contributed by atoms with Gasteiger partial charge in [0.15, 0.2) is 5.78 Å². The highest BCUT2D eigenvalue weighted by atomic mass is 16.1. The first-order valence-electron chi connectivity index (χ1n) is 7.19. The minimum absolute atomic E-state index is 0.248. The van der Waals surface area contributed by atoms with Crippen LogP contribution in [0.25, 0.3) is 6.08 Å². The molecule has 0 spiro atoms. The largest absolute Gasteiger partial charge is 0.295 e. The van der Waals surface area contributed by atoms with Crippen LogP contribution in [0.3, 0.4) is 0 Å². The fourth-order valence-electron chi connectivity index (χ4n) is 2.90. The number of carbonyl (C=O) groups is 1. The second kappa shape index (κ2) is 5.87. The molecule has 0 N–H and O–H groups in total. The molecule has 3 rings (SSSR count). The first-order chi connectivity index (χ1) is 9.84. The Bertz CT molecular complexity index is 611. The normalized spacial score (nSPS) is 21.1. The summed E-state index contributed by atoms with van der Waals surface area (Å²) in [6.45, 7) is 0. The van der Waals surface area contributed by atoms with Gasteiger partial charge in [-0.3, -0.25) is 4.79 Å². The summed E-state index contributed by atoms with van der Waals surface area (Å²) in [6, 6.07) is 20.5. The zero-order chi connectivity index (χ0) is 13.8. The molecule has 1 aliphatic rings. The molecule has 1 unspecified atom stereocenters. The lowest BCUT2D eigenvalue weighted by Crippen LogP contribution is -2.17. The molecule has 1 aliphatic carbocycles. The summed E-state index contributed by atoms with van der Waals surface area (Å²) < 4.78 is 0. The Morgan fingerprint density at radius 2 is 1.55 bits per heavy atom. The van der Waals surface area contributed by atoms with Gasteiger partial charge in [0.05, 0.1) is 0 Å². The summed E-state index contributed by atoms with van der Waals surface area (Å²) in [7, 11) is 0. The van der Waals surface area contributed by atoms with Gasteiger partial charge < -0.3 is 0 Å². The summed E-state index contributed by atoms with van der Waals surface area (Å²) in [5.41, 5.74) is 3.33. The Hall–Kier alpha value is -2.15. The lowest BCUT2D eigenvalue weighted by Gasteiger charge is -2.25. The van der Waals surface area contributed by atoms with Crippen LogP contribution >= 0.6 is 0 Å². The minimum atomic E-state index is 0.248. The Morgan fingerprint density at radius 1 is 0.900 bits per heavy atom. The number of rotatable bonds is 2. The maximum atomic E-state index is 12.3. The molecule has 2 aromatic carbocycles. The van der Waals surface area contributed by atoms with Gasteiger partial charge in [-0.25, -0.2) is 0 Å². The predicted molar refractivity (Wildman–Crippen MR) is 82.5 cm³/mol. The minimum Gasteiger partial charge on any atom is -0.295 e. The average Bonchev–Trinajstić information content (AvgIpc) is 2.51. The predicted octanol–water partition coefficient (Wildman–Crippen LogP) is 4.61. The van der Waals surface area contributed by atoms with Crippen LogP contribution < -0.4 is 0 Å². The van der Waals surface area contributed by atoms with E-state index in [4.69, 9.17) is 0 Å². The van der Waals surface area contributed by atoms with Crippen LogP contribution in [0, 0.1) is 0 Å². The van der Waals surface area contributed by atoms with Crippen LogP contribution in [0.5, 0.6) is 0 Å². The number of hydrogen-bond acceptors (Lipinski definition) is 1. The maximum absolute atomic E-state index is 12.3. The van der Waals surface area contributed by atoms with Gasteiger partial charge in [-0.15, -0.1) is 0 Å². The van der Waals surface area contributed by atoms with Gasteiger partial charge >= 0.3 is 0 Å². The van der Waals surface area contributed by atoms with E-state index in [9.17, 15) is 4.79 Å². The van der Waals surface area contributed by atoms with Gasteiger partial charge in [0.2, 0.25) is 0 Å². The lowest BCUT2D eigenvalue weighted by molar-refractivity contribution is -0.116. The standard InChI is InChI=1S/C19H18O/c20-19-13-7-12-17(16-10-5-2-6-11-16)18(19)14-15-8-3-1-4-9-15/h1-6,8-11,14,17H,7,12-13H2. The SMILES string of the molecule is O=C1CCCC(c2ccccc2)C1=Cc1ccccc1. The Labute approximate surface area is 120 Å². The fourth-order valence-corrected chi connectivity index (χ4v) is 2.90. The van der Waals surface area contributed by atoms with Crippen molar-refractivity contribution in [2.24, 2.45) is 0 Å². The highest BCUT2D eigenvalue weighted by molar-refractivity contribution is 6.01. The van der Waals surface area contributed by atoms with Crippen LogP contribution in [0.1, 0.15) is 36.3 Å². The topological polar surface area (TPSA) is 17.1 Å². The van der Waals surface area contributed by atoms with Crippen molar-refractivity contribution in [3.63, 3.8) is 0 Å². The summed E-state index contributed by atoms with van der Waals surface area (Å²) in [5, 5.41) is 0.